The van der Waals surface area contributed by atoms with Crippen molar-refractivity contribution in [3.8, 4) is 5.75 Å². The summed E-state index contributed by atoms with van der Waals surface area (Å²) in [6, 6.07) is 7.28. The third kappa shape index (κ3) is 2.46. The molecule has 0 unspecified atom stereocenters. The first-order valence-electron chi connectivity index (χ1n) is 2.62. The highest BCUT2D eigenvalue weighted by Gasteiger charge is 1.88. The van der Waals surface area contributed by atoms with Crippen LogP contribution in [0.25, 0.3) is 0 Å². The molecule has 3 heteroatoms. The SMILES string of the molecule is COc1cccc(Cl)c1.Cl. The van der Waals surface area contributed by atoms with Crippen molar-refractivity contribution in [2.24, 2.45) is 0 Å². The molecule has 0 spiro atoms. The zero-order chi connectivity index (χ0) is 6.69. The molecule has 0 saturated carbocycles. The summed E-state index contributed by atoms with van der Waals surface area (Å²) in [6.45, 7) is 0. The summed E-state index contributed by atoms with van der Waals surface area (Å²) >= 11 is 5.64. The van der Waals surface area contributed by atoms with Gasteiger partial charge in [-0.1, -0.05) is 17.7 Å². The van der Waals surface area contributed by atoms with Crippen LogP contribution in [-0.4, -0.2) is 7.11 Å². The molecule has 0 amide bonds. The predicted molar refractivity (Wildman–Crippen MR) is 45.3 cm³/mol. The van der Waals surface area contributed by atoms with Crippen molar-refractivity contribution in [1.29, 1.82) is 0 Å². The number of rotatable bonds is 1. The van der Waals surface area contributed by atoms with Crippen molar-refractivity contribution in [3.05, 3.63) is 29.3 Å². The van der Waals surface area contributed by atoms with Crippen LogP contribution >= 0.6 is 24.0 Å². The normalized spacial score (nSPS) is 8.20. The van der Waals surface area contributed by atoms with E-state index in [1.807, 2.05) is 18.2 Å². The monoisotopic (exact) mass is 178 g/mol. The predicted octanol–water partition coefficient (Wildman–Crippen LogP) is 2.77. The fourth-order valence-corrected chi connectivity index (χ4v) is 0.774. The van der Waals surface area contributed by atoms with Gasteiger partial charge in [0.05, 0.1) is 7.11 Å². The first-order chi connectivity index (χ1) is 4.33. The Hall–Kier alpha value is -0.400. The van der Waals surface area contributed by atoms with Crippen molar-refractivity contribution >= 4 is 24.0 Å². The van der Waals surface area contributed by atoms with Gasteiger partial charge in [-0.05, 0) is 18.2 Å². The summed E-state index contributed by atoms with van der Waals surface area (Å²) in [5.41, 5.74) is 0. The smallest absolute Gasteiger partial charge is 0.120 e. The Balaban J connectivity index is 0.000000810. The second kappa shape index (κ2) is 4.42. The molecule has 1 aromatic rings. The van der Waals surface area contributed by atoms with Gasteiger partial charge in [-0.25, -0.2) is 0 Å². The molecule has 0 N–H and O–H groups in total. The van der Waals surface area contributed by atoms with Crippen LogP contribution in [0.4, 0.5) is 0 Å². The first-order valence-corrected chi connectivity index (χ1v) is 3.00. The maximum absolute atomic E-state index is 5.64. The highest BCUT2D eigenvalue weighted by Crippen LogP contribution is 2.15. The zero-order valence-electron chi connectivity index (χ0n) is 5.50. The zero-order valence-corrected chi connectivity index (χ0v) is 7.08. The van der Waals surface area contributed by atoms with E-state index in [1.54, 1.807) is 13.2 Å². The molecule has 0 fully saturated rings. The summed E-state index contributed by atoms with van der Waals surface area (Å²) in [5, 5.41) is 0.703. The molecule has 0 bridgehead atoms. The number of benzene rings is 1. The van der Waals surface area contributed by atoms with Crippen LogP contribution in [0.2, 0.25) is 5.02 Å². The van der Waals surface area contributed by atoms with E-state index in [0.29, 0.717) is 5.02 Å². The fourth-order valence-electron chi connectivity index (χ4n) is 0.594. The summed E-state index contributed by atoms with van der Waals surface area (Å²) in [7, 11) is 1.62. The minimum absolute atomic E-state index is 0. The quantitative estimate of drug-likeness (QED) is 0.643. The molecule has 1 aromatic carbocycles. The fraction of sp³-hybridized carbons (Fsp3) is 0.143. The molecular formula is C7H8Cl2O. The van der Waals surface area contributed by atoms with Gasteiger partial charge in [-0.2, -0.15) is 0 Å². The second-order valence-corrected chi connectivity index (χ2v) is 2.10. The molecule has 10 heavy (non-hydrogen) atoms. The van der Waals surface area contributed by atoms with Gasteiger partial charge in [0, 0.05) is 5.02 Å². The summed E-state index contributed by atoms with van der Waals surface area (Å²) < 4.78 is 4.91. The van der Waals surface area contributed by atoms with Gasteiger partial charge in [-0.15, -0.1) is 12.4 Å². The molecule has 56 valence electrons. The first kappa shape index (κ1) is 9.60. The molecule has 1 nitrogen and oxygen atoms in total. The third-order valence-corrected chi connectivity index (χ3v) is 1.27. The Morgan fingerprint density at radius 2 is 2.10 bits per heavy atom. The molecule has 0 aliphatic heterocycles. The van der Waals surface area contributed by atoms with Gasteiger partial charge in [0.1, 0.15) is 5.75 Å². The molecule has 1 rings (SSSR count). The lowest BCUT2D eigenvalue weighted by atomic mass is 10.3. The maximum Gasteiger partial charge on any atom is 0.120 e. The van der Waals surface area contributed by atoms with E-state index in [9.17, 15) is 0 Å². The third-order valence-electron chi connectivity index (χ3n) is 1.03. The molecular weight excluding hydrogens is 171 g/mol. The largest absolute Gasteiger partial charge is 0.497 e. The average molecular weight is 179 g/mol. The lowest BCUT2D eigenvalue weighted by Gasteiger charge is -1.96. The molecule has 0 aliphatic carbocycles. The minimum Gasteiger partial charge on any atom is -0.497 e. The molecule has 0 atom stereocenters. The number of ether oxygens (including phenoxy) is 1. The van der Waals surface area contributed by atoms with E-state index in [0.717, 1.165) is 5.75 Å². The Morgan fingerprint density at radius 3 is 2.50 bits per heavy atom. The number of hydrogen-bond donors (Lipinski definition) is 0. The Morgan fingerprint density at radius 1 is 1.40 bits per heavy atom. The van der Waals surface area contributed by atoms with Crippen molar-refractivity contribution in [3.63, 3.8) is 0 Å². The van der Waals surface area contributed by atoms with Crippen molar-refractivity contribution in [1.82, 2.24) is 0 Å². The second-order valence-electron chi connectivity index (χ2n) is 1.66. The molecule has 0 saturated heterocycles. The van der Waals surface area contributed by atoms with Crippen molar-refractivity contribution < 1.29 is 4.74 Å². The average Bonchev–Trinajstić information content (AvgIpc) is 1.88. The van der Waals surface area contributed by atoms with E-state index in [4.69, 9.17) is 16.3 Å². The van der Waals surface area contributed by atoms with Crippen molar-refractivity contribution in [2.45, 2.75) is 0 Å². The van der Waals surface area contributed by atoms with Gasteiger partial charge in [0.2, 0.25) is 0 Å². The molecule has 0 aromatic heterocycles. The van der Waals surface area contributed by atoms with Gasteiger partial charge in [0.25, 0.3) is 0 Å². The lowest BCUT2D eigenvalue weighted by molar-refractivity contribution is 0.415. The van der Waals surface area contributed by atoms with Gasteiger partial charge in [0.15, 0.2) is 0 Å². The highest BCUT2D eigenvalue weighted by atomic mass is 35.5. The summed E-state index contributed by atoms with van der Waals surface area (Å²) in [4.78, 5) is 0. The molecule has 0 heterocycles. The van der Waals surface area contributed by atoms with E-state index in [1.165, 1.54) is 0 Å². The summed E-state index contributed by atoms with van der Waals surface area (Å²) in [6.07, 6.45) is 0. The Kier molecular flexibility index (Phi) is 4.24. The number of halogens is 2. The van der Waals surface area contributed by atoms with Gasteiger partial charge in [-0.3, -0.25) is 0 Å². The summed E-state index contributed by atoms with van der Waals surface area (Å²) in [5.74, 6) is 0.794. The topological polar surface area (TPSA) is 9.23 Å². The van der Waals surface area contributed by atoms with E-state index < -0.39 is 0 Å². The van der Waals surface area contributed by atoms with Crippen LogP contribution in [0, 0.1) is 0 Å². The van der Waals surface area contributed by atoms with Crippen LogP contribution in [0.3, 0.4) is 0 Å². The van der Waals surface area contributed by atoms with Crippen LogP contribution in [0.5, 0.6) is 5.75 Å². The van der Waals surface area contributed by atoms with E-state index >= 15 is 0 Å². The number of hydrogen-bond acceptors (Lipinski definition) is 1. The van der Waals surface area contributed by atoms with E-state index in [2.05, 4.69) is 0 Å². The molecule has 0 radical (unpaired) electrons. The van der Waals surface area contributed by atoms with Crippen LogP contribution in [0.15, 0.2) is 24.3 Å². The standard InChI is InChI=1S/C7H7ClO.ClH/c1-9-7-4-2-3-6(8)5-7;/h2-5H,1H3;1H. The number of methoxy groups -OCH3 is 1. The van der Waals surface area contributed by atoms with Crippen LogP contribution in [0.1, 0.15) is 0 Å². The molecule has 0 aliphatic rings. The lowest BCUT2D eigenvalue weighted by Crippen LogP contribution is -1.79. The highest BCUT2D eigenvalue weighted by molar-refractivity contribution is 6.30. The van der Waals surface area contributed by atoms with Gasteiger partial charge < -0.3 is 4.74 Å². The Bertz CT molecular complexity index is 201. The van der Waals surface area contributed by atoms with Crippen LogP contribution < -0.4 is 4.74 Å². The van der Waals surface area contributed by atoms with Crippen molar-refractivity contribution in [2.75, 3.05) is 7.11 Å². The Labute approximate surface area is 71.4 Å². The minimum atomic E-state index is 0. The van der Waals surface area contributed by atoms with Crippen LogP contribution in [-0.2, 0) is 0 Å². The maximum atomic E-state index is 5.64. The van der Waals surface area contributed by atoms with E-state index in [-0.39, 0.29) is 12.4 Å². The van der Waals surface area contributed by atoms with Gasteiger partial charge >= 0.3 is 0 Å².